The Balaban J connectivity index is 1.90. The SMILES string of the molecule is CN(c1nc(-c2ccccc2Cl)cs1)S(=O)(=O)[C@@H](CC(=O)O)Cc1ccccc1. The Morgan fingerprint density at radius 2 is 1.83 bits per heavy atom. The number of carboxylic acids is 1. The molecule has 0 spiro atoms. The number of carboxylic acid groups (broad SMARTS) is 1. The summed E-state index contributed by atoms with van der Waals surface area (Å²) in [4.78, 5) is 15.7. The smallest absolute Gasteiger partial charge is 0.304 e. The Morgan fingerprint density at radius 1 is 1.17 bits per heavy atom. The van der Waals surface area contributed by atoms with E-state index in [1.165, 1.54) is 7.05 Å². The third-order valence-corrected chi connectivity index (χ3v) is 7.90. The fourth-order valence-electron chi connectivity index (χ4n) is 2.89. The van der Waals surface area contributed by atoms with Gasteiger partial charge in [-0.3, -0.25) is 4.79 Å². The molecule has 0 unspecified atom stereocenters. The zero-order chi connectivity index (χ0) is 21.0. The molecule has 1 heterocycles. The Bertz CT molecular complexity index is 1100. The van der Waals surface area contributed by atoms with Crippen molar-refractivity contribution in [1.29, 1.82) is 0 Å². The second-order valence-corrected chi connectivity index (χ2v) is 9.91. The highest BCUT2D eigenvalue weighted by molar-refractivity contribution is 7.93. The van der Waals surface area contributed by atoms with Crippen LogP contribution in [-0.4, -0.2) is 36.8 Å². The molecule has 3 rings (SSSR count). The van der Waals surface area contributed by atoms with Crippen molar-refractivity contribution < 1.29 is 18.3 Å². The van der Waals surface area contributed by atoms with Crippen molar-refractivity contribution in [2.24, 2.45) is 0 Å². The van der Waals surface area contributed by atoms with Crippen LogP contribution in [0.2, 0.25) is 5.02 Å². The van der Waals surface area contributed by atoms with Gasteiger partial charge in [-0.05, 0) is 18.1 Å². The molecule has 1 aromatic heterocycles. The van der Waals surface area contributed by atoms with Gasteiger partial charge in [-0.1, -0.05) is 60.1 Å². The van der Waals surface area contributed by atoms with Gasteiger partial charge in [-0.25, -0.2) is 17.7 Å². The lowest BCUT2D eigenvalue weighted by Gasteiger charge is -2.23. The summed E-state index contributed by atoms with van der Waals surface area (Å²) in [5, 5.41) is 10.6. The summed E-state index contributed by atoms with van der Waals surface area (Å²) in [5.41, 5.74) is 2.02. The van der Waals surface area contributed by atoms with E-state index in [4.69, 9.17) is 11.6 Å². The number of nitrogens with zero attached hydrogens (tertiary/aromatic N) is 2. The number of sulfonamides is 1. The summed E-state index contributed by atoms with van der Waals surface area (Å²) in [6, 6.07) is 16.1. The maximum atomic E-state index is 13.2. The van der Waals surface area contributed by atoms with Gasteiger partial charge in [0.25, 0.3) is 0 Å². The minimum absolute atomic E-state index is 0.0998. The molecule has 0 fully saturated rings. The van der Waals surface area contributed by atoms with Crippen molar-refractivity contribution in [3.8, 4) is 11.3 Å². The molecule has 0 aliphatic rings. The molecular weight excluding hydrogens is 432 g/mol. The summed E-state index contributed by atoms with van der Waals surface area (Å²) < 4.78 is 27.4. The maximum absolute atomic E-state index is 13.2. The van der Waals surface area contributed by atoms with Gasteiger partial charge in [0, 0.05) is 23.0 Å². The molecule has 0 radical (unpaired) electrons. The summed E-state index contributed by atoms with van der Waals surface area (Å²) in [6.07, 6.45) is -0.396. The van der Waals surface area contributed by atoms with Crippen LogP contribution in [0, 0.1) is 0 Å². The van der Waals surface area contributed by atoms with Gasteiger partial charge in [0.1, 0.15) is 0 Å². The summed E-state index contributed by atoms with van der Waals surface area (Å²) in [6.45, 7) is 0. The van der Waals surface area contributed by atoms with Gasteiger partial charge in [0.15, 0.2) is 5.13 Å². The van der Waals surface area contributed by atoms with Crippen LogP contribution in [0.25, 0.3) is 11.3 Å². The van der Waals surface area contributed by atoms with Crippen molar-refractivity contribution >= 4 is 44.1 Å². The van der Waals surface area contributed by atoms with Crippen molar-refractivity contribution in [3.05, 3.63) is 70.6 Å². The molecule has 0 aliphatic heterocycles. The molecule has 9 heteroatoms. The van der Waals surface area contributed by atoms with E-state index in [1.54, 1.807) is 47.8 Å². The quantitative estimate of drug-likeness (QED) is 0.552. The molecule has 1 N–H and O–H groups in total. The molecule has 1 atom stereocenters. The van der Waals surface area contributed by atoms with Gasteiger partial charge in [0.2, 0.25) is 10.0 Å². The molecule has 0 saturated carbocycles. The van der Waals surface area contributed by atoms with Crippen LogP contribution >= 0.6 is 22.9 Å². The maximum Gasteiger partial charge on any atom is 0.304 e. The van der Waals surface area contributed by atoms with Crippen LogP contribution in [0.3, 0.4) is 0 Å². The van der Waals surface area contributed by atoms with E-state index in [-0.39, 0.29) is 11.6 Å². The fraction of sp³-hybridized carbons (Fsp3) is 0.200. The summed E-state index contributed by atoms with van der Waals surface area (Å²) >= 11 is 7.36. The van der Waals surface area contributed by atoms with Gasteiger partial charge >= 0.3 is 5.97 Å². The minimum atomic E-state index is -3.96. The van der Waals surface area contributed by atoms with E-state index in [0.29, 0.717) is 16.3 Å². The van der Waals surface area contributed by atoms with Gasteiger partial charge in [0.05, 0.1) is 17.4 Å². The number of hydrogen-bond acceptors (Lipinski definition) is 5. The van der Waals surface area contributed by atoms with E-state index >= 15 is 0 Å². The lowest BCUT2D eigenvalue weighted by atomic mass is 10.1. The monoisotopic (exact) mass is 450 g/mol. The van der Waals surface area contributed by atoms with E-state index in [9.17, 15) is 18.3 Å². The number of rotatable bonds is 8. The first-order chi connectivity index (χ1) is 13.8. The van der Waals surface area contributed by atoms with Gasteiger partial charge < -0.3 is 5.11 Å². The Morgan fingerprint density at radius 3 is 2.48 bits per heavy atom. The Kier molecular flexibility index (Phi) is 6.56. The number of thiazole rings is 1. The van der Waals surface area contributed by atoms with Crippen LogP contribution in [0.1, 0.15) is 12.0 Å². The Hall–Kier alpha value is -2.42. The highest BCUT2D eigenvalue weighted by Crippen LogP contribution is 2.33. The average molecular weight is 451 g/mol. The third kappa shape index (κ3) is 4.95. The van der Waals surface area contributed by atoms with Crippen LogP contribution in [-0.2, 0) is 21.2 Å². The first-order valence-corrected chi connectivity index (χ1v) is 11.5. The molecule has 3 aromatic rings. The normalized spacial score (nSPS) is 12.5. The predicted octanol–water partition coefficient (Wildman–Crippen LogP) is 4.32. The van der Waals surface area contributed by atoms with Crippen LogP contribution in [0.5, 0.6) is 0 Å². The second kappa shape index (κ2) is 8.94. The van der Waals surface area contributed by atoms with Crippen molar-refractivity contribution in [3.63, 3.8) is 0 Å². The van der Waals surface area contributed by atoms with Gasteiger partial charge in [-0.15, -0.1) is 11.3 Å². The topological polar surface area (TPSA) is 87.6 Å². The number of carbonyl (C=O) groups is 1. The van der Waals surface area contributed by atoms with E-state index in [0.717, 1.165) is 21.2 Å². The molecule has 29 heavy (non-hydrogen) atoms. The molecule has 0 bridgehead atoms. The molecule has 0 saturated heterocycles. The number of hydrogen-bond donors (Lipinski definition) is 1. The average Bonchev–Trinajstić information content (AvgIpc) is 3.17. The Labute approximate surface area is 178 Å². The first kappa shape index (κ1) is 21.3. The highest BCUT2D eigenvalue weighted by Gasteiger charge is 2.33. The molecule has 0 aliphatic carbocycles. The number of anilines is 1. The predicted molar refractivity (Wildman–Crippen MR) is 116 cm³/mol. The van der Waals surface area contributed by atoms with Crippen LogP contribution < -0.4 is 4.31 Å². The van der Waals surface area contributed by atoms with E-state index in [1.807, 2.05) is 12.1 Å². The van der Waals surface area contributed by atoms with Crippen molar-refractivity contribution in [2.75, 3.05) is 11.4 Å². The number of aliphatic carboxylic acids is 1. The number of aromatic nitrogens is 1. The number of halogens is 1. The standard InChI is InChI=1S/C20H19ClN2O4S2/c1-23(20-22-18(13-28-20)16-9-5-6-10-17(16)21)29(26,27)15(12-19(24)25)11-14-7-3-2-4-8-14/h2-10,13,15H,11-12H2,1H3,(H,24,25)/t15-/m1/s1. The van der Waals surface area contributed by atoms with Gasteiger partial charge in [-0.2, -0.15) is 0 Å². The van der Waals surface area contributed by atoms with Crippen LogP contribution in [0.4, 0.5) is 5.13 Å². The lowest BCUT2D eigenvalue weighted by molar-refractivity contribution is -0.137. The second-order valence-electron chi connectivity index (χ2n) is 6.42. The fourth-order valence-corrected chi connectivity index (χ4v) is 5.72. The molecule has 6 nitrogen and oxygen atoms in total. The minimum Gasteiger partial charge on any atom is -0.481 e. The molecule has 152 valence electrons. The third-order valence-electron chi connectivity index (χ3n) is 4.42. The number of benzene rings is 2. The molecule has 2 aromatic carbocycles. The highest BCUT2D eigenvalue weighted by atomic mass is 35.5. The first-order valence-electron chi connectivity index (χ1n) is 8.73. The molecular formula is C20H19ClN2O4S2. The zero-order valence-electron chi connectivity index (χ0n) is 15.5. The van der Waals surface area contributed by atoms with E-state index < -0.39 is 27.7 Å². The largest absolute Gasteiger partial charge is 0.481 e. The zero-order valence-corrected chi connectivity index (χ0v) is 17.9. The van der Waals surface area contributed by atoms with Crippen molar-refractivity contribution in [2.45, 2.75) is 18.1 Å². The van der Waals surface area contributed by atoms with E-state index in [2.05, 4.69) is 4.98 Å². The van der Waals surface area contributed by atoms with Crippen LogP contribution in [0.15, 0.2) is 60.0 Å². The van der Waals surface area contributed by atoms with Crippen molar-refractivity contribution in [1.82, 2.24) is 4.98 Å². The summed E-state index contributed by atoms with van der Waals surface area (Å²) in [5.74, 6) is -1.17. The lowest BCUT2D eigenvalue weighted by Crippen LogP contribution is -2.38. The summed E-state index contributed by atoms with van der Waals surface area (Å²) in [7, 11) is -2.57. The molecule has 0 amide bonds.